The van der Waals surface area contributed by atoms with Crippen LogP contribution < -0.4 is 24.3 Å². The van der Waals surface area contributed by atoms with E-state index in [0.717, 1.165) is 33.4 Å². The Morgan fingerprint density at radius 3 is 1.54 bits per heavy atom. The van der Waals surface area contributed by atoms with Crippen molar-refractivity contribution in [2.75, 3.05) is 0 Å². The van der Waals surface area contributed by atoms with E-state index in [1.54, 1.807) is 48.8 Å². The van der Waals surface area contributed by atoms with Crippen molar-refractivity contribution in [3.63, 3.8) is 0 Å². The lowest BCUT2D eigenvalue weighted by molar-refractivity contribution is -0.145. The second kappa shape index (κ2) is 24.4. The van der Waals surface area contributed by atoms with Gasteiger partial charge in [0.1, 0.15) is 67.6 Å². The van der Waals surface area contributed by atoms with E-state index in [2.05, 4.69) is 27.4 Å². The van der Waals surface area contributed by atoms with Crippen LogP contribution >= 0.6 is 23.2 Å². The number of carbonyl (C=O) groups is 2. The first-order valence-corrected chi connectivity index (χ1v) is 22.9. The molecule has 4 aromatic carbocycles. The lowest BCUT2D eigenvalue weighted by Crippen LogP contribution is -2.44. The molecule has 15 nitrogen and oxygen atoms in total. The number of nitriles is 2. The van der Waals surface area contributed by atoms with Crippen LogP contribution in [0, 0.1) is 42.4 Å². The molecule has 0 aliphatic heterocycles. The number of aromatic nitrogens is 2. The predicted octanol–water partition coefficient (Wildman–Crippen LogP) is 9.06. The molecule has 0 unspecified atom stereocenters. The molecule has 0 aliphatic rings. The van der Waals surface area contributed by atoms with Crippen LogP contribution in [0.15, 0.2) is 97.6 Å². The molecule has 0 aliphatic carbocycles. The van der Waals surface area contributed by atoms with Crippen molar-refractivity contribution >= 4 is 35.1 Å². The number of hydrogen-bond donors (Lipinski definition) is 5. The van der Waals surface area contributed by atoms with E-state index in [9.17, 15) is 40.5 Å². The van der Waals surface area contributed by atoms with Crippen molar-refractivity contribution in [3.8, 4) is 46.3 Å². The summed E-state index contributed by atoms with van der Waals surface area (Å²) in [5.41, 5.74) is 8.74. The zero-order valence-electron chi connectivity index (χ0n) is 38.8. The Morgan fingerprint density at radius 1 is 0.629 bits per heavy atom. The van der Waals surface area contributed by atoms with Gasteiger partial charge in [0.05, 0.1) is 39.3 Å². The highest BCUT2D eigenvalue weighted by atomic mass is 35.5. The molecule has 2 heterocycles. The SMILES string of the molecule is Cc1c(COc2cc(OCc3cncc(C#N)c3)c(CC[C@@H](C(=O)O)[C@H](C)O)cc2Cl)cccc1-c1cccc(COc2cc(OCc3cncc(C#N)c3)c(CN[C@@H](C(=O)O)[C@@H](C)O)cc2Cl)c1C. The summed E-state index contributed by atoms with van der Waals surface area (Å²) >= 11 is 13.6. The van der Waals surface area contributed by atoms with Crippen LogP contribution in [0.25, 0.3) is 11.1 Å². The maximum absolute atomic E-state index is 11.9. The number of ether oxygens (including phenoxy) is 4. The first-order chi connectivity index (χ1) is 33.6. The number of aryl methyl sites for hydroxylation is 1. The number of aliphatic hydroxyl groups excluding tert-OH is 2. The number of pyridine rings is 2. The molecular formula is C53H51Cl2N5O10. The van der Waals surface area contributed by atoms with E-state index in [1.807, 2.05) is 50.2 Å². The molecule has 6 rings (SSSR count). The molecule has 5 N–H and O–H groups in total. The highest BCUT2D eigenvalue weighted by Crippen LogP contribution is 2.38. The molecule has 0 radical (unpaired) electrons. The van der Waals surface area contributed by atoms with Crippen LogP contribution in [-0.2, 0) is 49.0 Å². The zero-order valence-corrected chi connectivity index (χ0v) is 40.3. The number of nitrogens with one attached hydrogen (secondary N) is 1. The molecule has 362 valence electrons. The summed E-state index contributed by atoms with van der Waals surface area (Å²) in [6, 6.07) is 24.6. The van der Waals surface area contributed by atoms with Gasteiger partial charge in [-0.05, 0) is 104 Å². The van der Waals surface area contributed by atoms with Crippen LogP contribution in [0.2, 0.25) is 10.0 Å². The fourth-order valence-electron chi connectivity index (χ4n) is 7.69. The minimum absolute atomic E-state index is 0.00631. The molecule has 6 aromatic rings. The van der Waals surface area contributed by atoms with Gasteiger partial charge in [0.15, 0.2) is 0 Å². The van der Waals surface area contributed by atoms with Gasteiger partial charge in [0.2, 0.25) is 0 Å². The number of carboxylic acid groups (broad SMARTS) is 2. The summed E-state index contributed by atoms with van der Waals surface area (Å²) in [4.78, 5) is 31.9. The van der Waals surface area contributed by atoms with Crippen molar-refractivity contribution < 1.29 is 49.0 Å². The normalized spacial score (nSPS) is 12.7. The molecule has 0 fully saturated rings. The minimum atomic E-state index is -1.25. The third kappa shape index (κ3) is 13.5. The second-order valence-electron chi connectivity index (χ2n) is 16.7. The third-order valence-corrected chi connectivity index (χ3v) is 12.3. The van der Waals surface area contributed by atoms with Crippen molar-refractivity contribution in [2.45, 2.75) is 91.8 Å². The fourth-order valence-corrected chi connectivity index (χ4v) is 8.17. The topological polar surface area (TPSA) is 237 Å². The molecule has 4 atom stereocenters. The average Bonchev–Trinajstić information content (AvgIpc) is 3.33. The standard InChI is InChI=1S/C53H51Cl2N5O10/c1-30-39(28-69-49-17-47(67-26-36-13-34(19-56)21-58-23-36)38(15-45(49)54)11-12-44(32(3)61)52(63)64)7-5-9-42(30)43-10-6-8-40(31(43)2)29-70-50-18-48(68-27-37-14-35(20-57)22-59-24-37)41(16-46(50)55)25-60-51(33(4)62)53(65)66/h5-10,13-18,21-24,32-33,44,51,60-62H,11-12,25-29H2,1-4H3,(H,63,64)(H,65,66)/t32-,33+,44+,51+/m0/s1. The van der Waals surface area contributed by atoms with Gasteiger partial charge in [-0.25, -0.2) is 0 Å². The Bertz CT molecular complexity index is 2740. The second-order valence-corrected chi connectivity index (χ2v) is 17.5. The van der Waals surface area contributed by atoms with Crippen molar-refractivity contribution in [3.05, 3.63) is 163 Å². The lowest BCUT2D eigenvalue weighted by atomic mass is 9.92. The molecule has 0 spiro atoms. The van der Waals surface area contributed by atoms with Gasteiger partial charge < -0.3 is 39.4 Å². The predicted molar refractivity (Wildman–Crippen MR) is 261 cm³/mol. The highest BCUT2D eigenvalue weighted by molar-refractivity contribution is 6.32. The van der Waals surface area contributed by atoms with Gasteiger partial charge in [0.25, 0.3) is 0 Å². The van der Waals surface area contributed by atoms with Crippen LogP contribution in [0.4, 0.5) is 0 Å². The van der Waals surface area contributed by atoms with Gasteiger partial charge >= 0.3 is 11.9 Å². The summed E-state index contributed by atoms with van der Waals surface area (Å²) < 4.78 is 25.1. The lowest BCUT2D eigenvalue weighted by Gasteiger charge is -2.20. The van der Waals surface area contributed by atoms with E-state index >= 15 is 0 Å². The largest absolute Gasteiger partial charge is 0.488 e. The fraction of sp³-hybridized carbons (Fsp3) is 0.283. The summed E-state index contributed by atoms with van der Waals surface area (Å²) in [5.74, 6) is -1.96. The quantitative estimate of drug-likeness (QED) is 0.0402. The van der Waals surface area contributed by atoms with Crippen LogP contribution in [0.5, 0.6) is 23.0 Å². The van der Waals surface area contributed by atoms with Crippen LogP contribution in [-0.4, -0.2) is 60.6 Å². The van der Waals surface area contributed by atoms with Crippen LogP contribution in [0.1, 0.15) is 75.9 Å². The van der Waals surface area contributed by atoms with Gasteiger partial charge in [-0.2, -0.15) is 10.5 Å². The summed E-state index contributed by atoms with van der Waals surface area (Å²) in [7, 11) is 0. The molecule has 2 aromatic heterocycles. The Hall–Kier alpha value is -7.24. The van der Waals surface area contributed by atoms with Crippen molar-refractivity contribution in [1.29, 1.82) is 10.5 Å². The Morgan fingerprint density at radius 2 is 1.10 bits per heavy atom. The summed E-state index contributed by atoms with van der Waals surface area (Å²) in [5, 5.41) is 61.6. The maximum Gasteiger partial charge on any atom is 0.323 e. The van der Waals surface area contributed by atoms with Gasteiger partial charge in [-0.1, -0.05) is 59.6 Å². The molecular weight excluding hydrogens is 938 g/mol. The number of rotatable bonds is 23. The highest BCUT2D eigenvalue weighted by Gasteiger charge is 2.25. The first-order valence-electron chi connectivity index (χ1n) is 22.1. The van der Waals surface area contributed by atoms with E-state index < -0.39 is 36.1 Å². The maximum atomic E-state index is 11.9. The van der Waals surface area contributed by atoms with Gasteiger partial charge in [0, 0.05) is 60.2 Å². The monoisotopic (exact) mass is 987 g/mol. The Kier molecular flexibility index (Phi) is 18.1. The van der Waals surface area contributed by atoms with Crippen LogP contribution in [0.3, 0.4) is 0 Å². The summed E-state index contributed by atoms with van der Waals surface area (Å²) in [6.45, 7) is 7.19. The molecule has 70 heavy (non-hydrogen) atoms. The van der Waals surface area contributed by atoms with Crippen molar-refractivity contribution in [2.24, 2.45) is 5.92 Å². The number of nitrogens with zero attached hydrogens (tertiary/aromatic N) is 4. The van der Waals surface area contributed by atoms with Gasteiger partial charge in [-0.15, -0.1) is 0 Å². The zero-order chi connectivity index (χ0) is 50.5. The number of halogens is 2. The minimum Gasteiger partial charge on any atom is -0.488 e. The third-order valence-electron chi connectivity index (χ3n) is 11.7. The number of carboxylic acids is 2. The van der Waals surface area contributed by atoms with Gasteiger partial charge in [-0.3, -0.25) is 24.9 Å². The van der Waals surface area contributed by atoms with E-state index in [4.69, 9.17) is 42.1 Å². The smallest absolute Gasteiger partial charge is 0.323 e. The molecule has 0 saturated heterocycles. The summed E-state index contributed by atoms with van der Waals surface area (Å²) in [6.07, 6.45) is 4.17. The molecule has 17 heteroatoms. The Labute approximate surface area is 415 Å². The molecule has 0 saturated carbocycles. The number of benzene rings is 4. The molecule has 0 bridgehead atoms. The average molecular weight is 989 g/mol. The van der Waals surface area contributed by atoms with Crippen molar-refractivity contribution in [1.82, 2.24) is 15.3 Å². The van der Waals surface area contributed by atoms with E-state index in [-0.39, 0.29) is 55.9 Å². The first kappa shape index (κ1) is 52.1. The number of hydrogen-bond acceptors (Lipinski definition) is 13. The Balaban J connectivity index is 1.21. The molecule has 0 amide bonds. The van der Waals surface area contributed by atoms with E-state index in [0.29, 0.717) is 56.4 Å². The van der Waals surface area contributed by atoms with E-state index in [1.165, 1.54) is 26.2 Å². The number of aliphatic hydroxyl groups is 2. The number of aliphatic carboxylic acids is 2.